The highest BCUT2D eigenvalue weighted by atomic mass is 16.3. The molecule has 2 aromatic carbocycles. The lowest BCUT2D eigenvalue weighted by Gasteiger charge is -2.17. The first-order chi connectivity index (χ1) is 9.69. The van der Waals surface area contributed by atoms with Gasteiger partial charge >= 0.3 is 0 Å². The number of likely N-dealkylation sites (tertiary alicyclic amines) is 1. The van der Waals surface area contributed by atoms with Crippen molar-refractivity contribution in [3.05, 3.63) is 42.0 Å². The van der Waals surface area contributed by atoms with E-state index in [1.807, 2.05) is 29.2 Å². The second kappa shape index (κ2) is 5.16. The quantitative estimate of drug-likeness (QED) is 0.907. The summed E-state index contributed by atoms with van der Waals surface area (Å²) >= 11 is 0. The van der Waals surface area contributed by atoms with Crippen LogP contribution in [0, 0.1) is 5.92 Å². The third-order valence-electron chi connectivity index (χ3n) is 4.24. The van der Waals surface area contributed by atoms with E-state index in [1.165, 1.54) is 0 Å². The zero-order valence-corrected chi connectivity index (χ0v) is 11.7. The molecule has 0 spiro atoms. The monoisotopic (exact) mass is 269 g/mol. The average Bonchev–Trinajstić information content (AvgIpc) is 2.94. The van der Waals surface area contributed by atoms with Crippen LogP contribution in [0.5, 0.6) is 5.75 Å². The van der Waals surface area contributed by atoms with Gasteiger partial charge in [0.25, 0.3) is 5.91 Å². The highest BCUT2D eigenvalue weighted by Gasteiger charge is 2.27. The molecule has 1 aliphatic heterocycles. The zero-order chi connectivity index (χ0) is 14.1. The van der Waals surface area contributed by atoms with Crippen LogP contribution in [-0.4, -0.2) is 29.0 Å². The van der Waals surface area contributed by atoms with Gasteiger partial charge in [-0.2, -0.15) is 0 Å². The predicted octanol–water partition coefficient (Wildman–Crippen LogP) is 3.42. The van der Waals surface area contributed by atoms with E-state index >= 15 is 0 Å². The lowest BCUT2D eigenvalue weighted by Crippen LogP contribution is -2.28. The van der Waals surface area contributed by atoms with Gasteiger partial charge in [-0.1, -0.05) is 37.6 Å². The molecule has 1 N–H and O–H groups in total. The summed E-state index contributed by atoms with van der Waals surface area (Å²) in [6.45, 7) is 3.76. The predicted molar refractivity (Wildman–Crippen MR) is 79.9 cm³/mol. The van der Waals surface area contributed by atoms with Crippen molar-refractivity contribution in [2.24, 2.45) is 5.92 Å². The molecule has 0 aromatic heterocycles. The molecular weight excluding hydrogens is 250 g/mol. The first-order valence-electron chi connectivity index (χ1n) is 7.20. The average molecular weight is 269 g/mol. The van der Waals surface area contributed by atoms with E-state index in [1.54, 1.807) is 12.1 Å². The van der Waals surface area contributed by atoms with Crippen molar-refractivity contribution in [1.29, 1.82) is 0 Å². The van der Waals surface area contributed by atoms with E-state index in [0.717, 1.165) is 36.7 Å². The van der Waals surface area contributed by atoms with E-state index in [-0.39, 0.29) is 11.7 Å². The molecule has 1 unspecified atom stereocenters. The zero-order valence-electron chi connectivity index (χ0n) is 11.7. The molecule has 1 saturated heterocycles. The van der Waals surface area contributed by atoms with Crippen molar-refractivity contribution in [2.75, 3.05) is 13.1 Å². The maximum atomic E-state index is 12.5. The summed E-state index contributed by atoms with van der Waals surface area (Å²) < 4.78 is 0. The van der Waals surface area contributed by atoms with E-state index in [4.69, 9.17) is 0 Å². The molecule has 0 radical (unpaired) electrons. The molecule has 3 heteroatoms. The van der Waals surface area contributed by atoms with Crippen LogP contribution in [0.25, 0.3) is 10.8 Å². The number of carbonyl (C=O) groups excluding carboxylic acids is 1. The molecule has 0 saturated carbocycles. The minimum atomic E-state index is -0.0517. The summed E-state index contributed by atoms with van der Waals surface area (Å²) in [4.78, 5) is 14.4. The van der Waals surface area contributed by atoms with Crippen LogP contribution in [-0.2, 0) is 0 Å². The Morgan fingerprint density at radius 3 is 2.65 bits per heavy atom. The second-order valence-electron chi connectivity index (χ2n) is 5.53. The Balaban J connectivity index is 1.93. The number of nitrogens with zero attached hydrogens (tertiary/aromatic N) is 1. The van der Waals surface area contributed by atoms with Gasteiger partial charge in [0, 0.05) is 13.1 Å². The summed E-state index contributed by atoms with van der Waals surface area (Å²) in [5.41, 5.74) is 0.417. The number of aromatic hydroxyl groups is 1. The van der Waals surface area contributed by atoms with Gasteiger partial charge < -0.3 is 10.0 Å². The van der Waals surface area contributed by atoms with Crippen molar-refractivity contribution >= 4 is 16.7 Å². The third kappa shape index (κ3) is 2.24. The summed E-state index contributed by atoms with van der Waals surface area (Å²) in [6, 6.07) is 11.2. The van der Waals surface area contributed by atoms with Gasteiger partial charge in [-0.3, -0.25) is 4.79 Å². The van der Waals surface area contributed by atoms with Gasteiger partial charge in [0.2, 0.25) is 0 Å². The molecule has 1 fully saturated rings. The van der Waals surface area contributed by atoms with Crippen molar-refractivity contribution in [3.63, 3.8) is 0 Å². The molecule has 1 aliphatic rings. The van der Waals surface area contributed by atoms with E-state index in [9.17, 15) is 9.90 Å². The molecule has 1 atom stereocenters. The molecule has 3 rings (SSSR count). The molecule has 104 valence electrons. The maximum absolute atomic E-state index is 12.5. The van der Waals surface area contributed by atoms with Crippen LogP contribution in [0.1, 0.15) is 30.1 Å². The van der Waals surface area contributed by atoms with Crippen molar-refractivity contribution < 1.29 is 9.90 Å². The fraction of sp³-hybridized carbons (Fsp3) is 0.353. The molecular formula is C17H19NO2. The number of phenolic OH excluding ortho intramolecular Hbond substituents is 1. The van der Waals surface area contributed by atoms with E-state index in [2.05, 4.69) is 6.92 Å². The first-order valence-corrected chi connectivity index (χ1v) is 7.20. The topological polar surface area (TPSA) is 40.5 Å². The molecule has 2 aromatic rings. The number of benzene rings is 2. The highest BCUT2D eigenvalue weighted by Crippen LogP contribution is 2.28. The molecule has 20 heavy (non-hydrogen) atoms. The normalized spacial score (nSPS) is 18.6. The lowest BCUT2D eigenvalue weighted by atomic mass is 10.0. The molecule has 0 bridgehead atoms. The van der Waals surface area contributed by atoms with Crippen molar-refractivity contribution in [1.82, 2.24) is 4.90 Å². The fourth-order valence-corrected chi connectivity index (χ4v) is 2.92. The Labute approximate surface area is 118 Å². The summed E-state index contributed by atoms with van der Waals surface area (Å²) in [6.07, 6.45) is 2.17. The van der Waals surface area contributed by atoms with Gasteiger partial charge in [0.05, 0.1) is 5.56 Å². The van der Waals surface area contributed by atoms with Crippen LogP contribution in [0.3, 0.4) is 0 Å². The first kappa shape index (κ1) is 13.0. The van der Waals surface area contributed by atoms with Crippen LogP contribution in [0.15, 0.2) is 36.4 Å². The second-order valence-corrected chi connectivity index (χ2v) is 5.53. The highest BCUT2D eigenvalue weighted by molar-refractivity contribution is 6.01. The Morgan fingerprint density at radius 2 is 2.00 bits per heavy atom. The van der Waals surface area contributed by atoms with Crippen LogP contribution < -0.4 is 0 Å². The van der Waals surface area contributed by atoms with E-state index < -0.39 is 0 Å². The summed E-state index contributed by atoms with van der Waals surface area (Å²) in [5, 5.41) is 12.1. The molecule has 1 heterocycles. The van der Waals surface area contributed by atoms with Crippen molar-refractivity contribution in [3.8, 4) is 5.75 Å². The van der Waals surface area contributed by atoms with Gasteiger partial charge in [0.15, 0.2) is 0 Å². The lowest BCUT2D eigenvalue weighted by molar-refractivity contribution is 0.0784. The number of carbonyl (C=O) groups is 1. The van der Waals surface area contributed by atoms with Gasteiger partial charge in [-0.15, -0.1) is 0 Å². The number of phenols is 1. The van der Waals surface area contributed by atoms with Gasteiger partial charge in [0.1, 0.15) is 5.75 Å². The standard InChI is InChI=1S/C17H19NO2/c1-2-12-7-8-18(11-12)17(20)15-9-13-5-3-4-6-14(13)10-16(15)19/h3-6,9-10,12,19H,2,7-8,11H2,1H3. The number of fused-ring (bicyclic) bond motifs is 1. The minimum absolute atomic E-state index is 0.0517. The number of rotatable bonds is 2. The number of hydrogen-bond donors (Lipinski definition) is 1. The minimum Gasteiger partial charge on any atom is -0.507 e. The third-order valence-corrected chi connectivity index (χ3v) is 4.24. The summed E-state index contributed by atoms with van der Waals surface area (Å²) in [5.74, 6) is 0.624. The smallest absolute Gasteiger partial charge is 0.257 e. The van der Waals surface area contributed by atoms with Crippen LogP contribution in [0.2, 0.25) is 0 Å². The van der Waals surface area contributed by atoms with Crippen LogP contribution >= 0.6 is 0 Å². The van der Waals surface area contributed by atoms with E-state index in [0.29, 0.717) is 11.5 Å². The number of hydrogen-bond acceptors (Lipinski definition) is 2. The van der Waals surface area contributed by atoms with Gasteiger partial charge in [-0.25, -0.2) is 0 Å². The van der Waals surface area contributed by atoms with Gasteiger partial charge in [-0.05, 0) is 35.2 Å². The Morgan fingerprint density at radius 1 is 1.30 bits per heavy atom. The summed E-state index contributed by atoms with van der Waals surface area (Å²) in [7, 11) is 0. The maximum Gasteiger partial charge on any atom is 0.257 e. The Kier molecular flexibility index (Phi) is 3.35. The van der Waals surface area contributed by atoms with Crippen molar-refractivity contribution in [2.45, 2.75) is 19.8 Å². The Bertz CT molecular complexity index is 650. The fourth-order valence-electron chi connectivity index (χ4n) is 2.92. The largest absolute Gasteiger partial charge is 0.507 e. The van der Waals surface area contributed by atoms with Crippen LogP contribution in [0.4, 0.5) is 0 Å². The molecule has 3 nitrogen and oxygen atoms in total. The molecule has 0 aliphatic carbocycles. The molecule has 1 amide bonds. The SMILES string of the molecule is CCC1CCN(C(=O)c2cc3ccccc3cc2O)C1. The Hall–Kier alpha value is -2.03. The number of amides is 1.